The molecular formula is C45H35N5. The minimum absolute atomic E-state index is 0.125. The molecule has 5 nitrogen and oxygen atoms in total. The number of benzene rings is 6. The maximum Gasteiger partial charge on any atom is 0.131 e. The van der Waals surface area contributed by atoms with Gasteiger partial charge in [0.25, 0.3) is 0 Å². The van der Waals surface area contributed by atoms with E-state index >= 15 is 0 Å². The maximum atomic E-state index is 5.10. The Morgan fingerprint density at radius 3 is 2.06 bits per heavy atom. The molecule has 0 saturated carbocycles. The first kappa shape index (κ1) is 28.8. The number of amidine groups is 1. The summed E-state index contributed by atoms with van der Waals surface area (Å²) in [5.41, 5.74) is 10.8. The van der Waals surface area contributed by atoms with E-state index < -0.39 is 0 Å². The van der Waals surface area contributed by atoms with Crippen LogP contribution in [0.2, 0.25) is 0 Å². The molecule has 1 aliphatic carbocycles. The summed E-state index contributed by atoms with van der Waals surface area (Å²) in [7, 11) is 0. The predicted molar refractivity (Wildman–Crippen MR) is 205 cm³/mol. The normalized spacial score (nSPS) is 20.8. The lowest BCUT2D eigenvalue weighted by Gasteiger charge is -2.32. The van der Waals surface area contributed by atoms with Crippen LogP contribution in [-0.2, 0) is 0 Å². The first-order valence-corrected chi connectivity index (χ1v) is 17.4. The second kappa shape index (κ2) is 11.8. The number of para-hydroxylation sites is 2. The Morgan fingerprint density at radius 2 is 1.26 bits per heavy atom. The zero-order valence-corrected chi connectivity index (χ0v) is 27.4. The van der Waals surface area contributed by atoms with Gasteiger partial charge in [-0.15, -0.1) is 0 Å². The quantitative estimate of drug-likeness (QED) is 0.196. The zero-order valence-electron chi connectivity index (χ0n) is 27.4. The van der Waals surface area contributed by atoms with Gasteiger partial charge in [-0.2, -0.15) is 0 Å². The van der Waals surface area contributed by atoms with E-state index in [1.54, 1.807) is 0 Å². The highest BCUT2D eigenvalue weighted by Gasteiger charge is 2.40. The van der Waals surface area contributed by atoms with Crippen LogP contribution >= 0.6 is 0 Å². The number of aliphatic imine (C=N–C) groups is 1. The molecule has 0 spiro atoms. The molecule has 0 saturated heterocycles. The number of nitrogens with zero attached hydrogens (tertiary/aromatic N) is 3. The maximum absolute atomic E-state index is 5.10. The van der Waals surface area contributed by atoms with Gasteiger partial charge in [-0.3, -0.25) is 5.32 Å². The van der Waals surface area contributed by atoms with Gasteiger partial charge in [-0.1, -0.05) is 146 Å². The highest BCUT2D eigenvalue weighted by molar-refractivity contribution is 6.15. The number of rotatable bonds is 5. The van der Waals surface area contributed by atoms with Crippen LogP contribution in [0.5, 0.6) is 0 Å². The number of hydrogen-bond acceptors (Lipinski definition) is 4. The molecule has 240 valence electrons. The lowest BCUT2D eigenvalue weighted by atomic mass is 9.91. The van der Waals surface area contributed by atoms with Crippen LogP contribution in [0, 0.1) is 0 Å². The monoisotopic (exact) mass is 645 g/mol. The van der Waals surface area contributed by atoms with Crippen molar-refractivity contribution in [3.63, 3.8) is 0 Å². The van der Waals surface area contributed by atoms with Crippen LogP contribution in [0.1, 0.15) is 40.5 Å². The number of aromatic nitrogens is 1. The summed E-state index contributed by atoms with van der Waals surface area (Å²) < 4.78 is 2.47. The molecule has 50 heavy (non-hydrogen) atoms. The Bertz CT molecular complexity index is 2440. The summed E-state index contributed by atoms with van der Waals surface area (Å²) >= 11 is 0. The van der Waals surface area contributed by atoms with Crippen molar-refractivity contribution in [2.75, 3.05) is 4.90 Å². The van der Waals surface area contributed by atoms with E-state index in [-0.39, 0.29) is 24.3 Å². The van der Waals surface area contributed by atoms with Gasteiger partial charge in [-0.25, -0.2) is 4.99 Å². The number of allylic oxidation sites excluding steroid dienone is 2. The molecule has 10 rings (SSSR count). The van der Waals surface area contributed by atoms with E-state index in [4.69, 9.17) is 4.99 Å². The summed E-state index contributed by atoms with van der Waals surface area (Å²) in [6.45, 7) is 0. The average Bonchev–Trinajstić information content (AvgIpc) is 3.72. The van der Waals surface area contributed by atoms with E-state index in [2.05, 4.69) is 184 Å². The summed E-state index contributed by atoms with van der Waals surface area (Å²) in [5.74, 6) is 1.17. The van der Waals surface area contributed by atoms with Gasteiger partial charge in [0, 0.05) is 33.6 Å². The van der Waals surface area contributed by atoms with E-state index in [1.807, 2.05) is 12.1 Å². The van der Waals surface area contributed by atoms with Crippen molar-refractivity contribution in [1.82, 2.24) is 15.2 Å². The highest BCUT2D eigenvalue weighted by Crippen LogP contribution is 2.52. The van der Waals surface area contributed by atoms with Crippen molar-refractivity contribution >= 4 is 39.0 Å². The molecule has 6 aromatic carbocycles. The molecule has 2 N–H and O–H groups in total. The second-order valence-electron chi connectivity index (χ2n) is 13.2. The first-order valence-electron chi connectivity index (χ1n) is 17.4. The van der Waals surface area contributed by atoms with E-state index in [1.165, 1.54) is 38.7 Å². The fourth-order valence-corrected chi connectivity index (χ4v) is 8.11. The summed E-state index contributed by atoms with van der Waals surface area (Å²) in [6.07, 6.45) is 8.80. The highest BCUT2D eigenvalue weighted by atomic mass is 15.3. The second-order valence-corrected chi connectivity index (χ2v) is 13.2. The van der Waals surface area contributed by atoms with Crippen molar-refractivity contribution in [3.8, 4) is 5.69 Å². The summed E-state index contributed by atoms with van der Waals surface area (Å²) in [5, 5.41) is 9.98. The SMILES string of the molecule is C1=CC2c3ccc4c5ccccc5n(-c5ccc(C6NC(c7ccccc7)=NC(c7ccccc7)N6)cc5)c4c3N(c3ccccc3)C2C=C1. The number of hydrogen-bond donors (Lipinski definition) is 2. The molecule has 7 aromatic rings. The lowest BCUT2D eigenvalue weighted by molar-refractivity contribution is 0.409. The molecule has 0 radical (unpaired) electrons. The molecule has 4 unspecified atom stereocenters. The molecule has 3 aliphatic rings. The molecular weight excluding hydrogens is 611 g/mol. The molecule has 0 fully saturated rings. The standard InChI is InChI=1S/C45H35N5/c1-4-14-30(15-5-1)43-46-44(31-16-6-2-7-17-31)48-45(47-43)32-24-26-34(27-25-32)50-40-23-13-11-21-36(40)38-29-28-37-35-20-10-12-22-39(35)49(41(37)42(38)50)33-18-8-3-9-19-33/h1-29,35,39,43,45,47H,(H,46,48). The molecule has 1 aromatic heterocycles. The first-order chi connectivity index (χ1) is 24.8. The number of fused-ring (bicyclic) bond motifs is 7. The largest absolute Gasteiger partial charge is 0.350 e. The topological polar surface area (TPSA) is 44.6 Å². The Hall–Kier alpha value is -6.17. The average molecular weight is 646 g/mol. The van der Waals surface area contributed by atoms with Crippen molar-refractivity contribution in [3.05, 3.63) is 198 Å². The molecule has 3 heterocycles. The van der Waals surface area contributed by atoms with Gasteiger partial charge >= 0.3 is 0 Å². The molecule has 0 bridgehead atoms. The van der Waals surface area contributed by atoms with Crippen LogP contribution in [0.15, 0.2) is 181 Å². The molecule has 0 amide bonds. The van der Waals surface area contributed by atoms with Crippen LogP contribution in [0.3, 0.4) is 0 Å². The minimum atomic E-state index is -0.173. The van der Waals surface area contributed by atoms with Gasteiger partial charge in [0.05, 0.1) is 22.8 Å². The van der Waals surface area contributed by atoms with Crippen molar-refractivity contribution in [1.29, 1.82) is 0 Å². The Balaban J connectivity index is 1.11. The van der Waals surface area contributed by atoms with Crippen LogP contribution in [-0.4, -0.2) is 16.4 Å². The number of nitrogens with one attached hydrogen (secondary N) is 2. The Labute approximate surface area is 291 Å². The van der Waals surface area contributed by atoms with E-state index in [0.29, 0.717) is 0 Å². The molecule has 4 atom stereocenters. The number of anilines is 2. The van der Waals surface area contributed by atoms with E-state index in [9.17, 15) is 0 Å². The third-order valence-electron chi connectivity index (χ3n) is 10.4. The third kappa shape index (κ3) is 4.62. The van der Waals surface area contributed by atoms with Gasteiger partial charge in [-0.05, 0) is 47.0 Å². The van der Waals surface area contributed by atoms with Crippen molar-refractivity contribution in [2.24, 2.45) is 4.99 Å². The molecule has 2 aliphatic heterocycles. The van der Waals surface area contributed by atoms with Gasteiger partial charge in [0.1, 0.15) is 18.2 Å². The molecule has 5 heteroatoms. The Morgan fingerprint density at radius 1 is 0.560 bits per heavy atom. The third-order valence-corrected chi connectivity index (χ3v) is 10.4. The fourth-order valence-electron chi connectivity index (χ4n) is 8.11. The zero-order chi connectivity index (χ0) is 33.0. The van der Waals surface area contributed by atoms with Crippen LogP contribution in [0.4, 0.5) is 11.4 Å². The van der Waals surface area contributed by atoms with Gasteiger partial charge in [0.2, 0.25) is 0 Å². The summed E-state index contributed by atoms with van der Waals surface area (Å²) in [4.78, 5) is 7.65. The smallest absolute Gasteiger partial charge is 0.131 e. The predicted octanol–water partition coefficient (Wildman–Crippen LogP) is 9.85. The van der Waals surface area contributed by atoms with Gasteiger partial charge < -0.3 is 14.8 Å². The van der Waals surface area contributed by atoms with Crippen molar-refractivity contribution < 1.29 is 0 Å². The Kier molecular flexibility index (Phi) is 6.78. The van der Waals surface area contributed by atoms with Crippen LogP contribution in [0.25, 0.3) is 27.5 Å². The minimum Gasteiger partial charge on any atom is -0.350 e. The van der Waals surface area contributed by atoms with Gasteiger partial charge in [0.15, 0.2) is 0 Å². The van der Waals surface area contributed by atoms with Crippen LogP contribution < -0.4 is 15.5 Å². The lowest BCUT2D eigenvalue weighted by Crippen LogP contribution is -2.44. The van der Waals surface area contributed by atoms with E-state index in [0.717, 1.165) is 28.2 Å². The van der Waals surface area contributed by atoms with Crippen molar-refractivity contribution in [2.45, 2.75) is 24.3 Å². The fraction of sp³-hybridized carbons (Fsp3) is 0.0889. The summed E-state index contributed by atoms with van der Waals surface area (Å²) in [6, 6.07) is 54.5.